The number of imidazole rings is 1. The fraction of sp³-hybridized carbons (Fsp3) is 0.267. The molecule has 0 radical (unpaired) electrons. The van der Waals surface area contributed by atoms with E-state index in [0.717, 1.165) is 6.07 Å². The fourth-order valence-corrected chi connectivity index (χ4v) is 7.19. The van der Waals surface area contributed by atoms with Crippen LogP contribution in [0.4, 0.5) is 38.5 Å². The SMILES string of the molecule is Cl.N#CCCCOC(=O)N[C@H]1CCc2c(C(=O)Nc3ccc(F)c(Cl)c3)ccc(F)c21.N#CCCCOC(=O)n1ccnc1.N[C@H]1CCc2c(C(=O)Nc3ccc(F)c(Cl)c3)ccc(F)c21. The van der Waals surface area contributed by atoms with E-state index in [1.165, 1.54) is 77.9 Å². The first-order chi connectivity index (χ1) is 31.2. The smallest absolute Gasteiger partial charge is 0.419 e. The summed E-state index contributed by atoms with van der Waals surface area (Å²) < 4.78 is 65.8. The molecular weight excluding hydrogens is 931 g/mol. The number of nitrogens with one attached hydrogen (secondary N) is 3. The number of unbranched alkanes of at least 4 members (excludes halogenated alkanes) is 2. The van der Waals surface area contributed by atoms with Gasteiger partial charge in [-0.15, -0.1) is 12.4 Å². The predicted octanol–water partition coefficient (Wildman–Crippen LogP) is 10.3. The number of fused-ring (bicyclic) bond motifs is 2. The van der Waals surface area contributed by atoms with E-state index in [4.69, 9.17) is 48.9 Å². The first-order valence-electron chi connectivity index (χ1n) is 20.0. The molecule has 1 aromatic heterocycles. The summed E-state index contributed by atoms with van der Waals surface area (Å²) in [6.07, 6.45) is 6.81. The number of nitrogens with zero attached hydrogens (tertiary/aromatic N) is 4. The van der Waals surface area contributed by atoms with Gasteiger partial charge in [0.1, 0.15) is 29.6 Å². The van der Waals surface area contributed by atoms with Crippen molar-refractivity contribution in [2.45, 2.75) is 63.5 Å². The second-order valence-corrected chi connectivity index (χ2v) is 15.1. The Morgan fingerprint density at radius 2 is 1.24 bits per heavy atom. The van der Waals surface area contributed by atoms with E-state index in [2.05, 4.69) is 20.9 Å². The highest BCUT2D eigenvalue weighted by molar-refractivity contribution is 6.31. The van der Waals surface area contributed by atoms with Gasteiger partial charge in [-0.25, -0.2) is 36.7 Å². The minimum atomic E-state index is -0.707. The fourth-order valence-electron chi connectivity index (χ4n) is 6.83. The average molecular weight is 972 g/mol. The van der Waals surface area contributed by atoms with E-state index in [9.17, 15) is 36.7 Å². The molecule has 0 fully saturated rings. The molecule has 66 heavy (non-hydrogen) atoms. The minimum absolute atomic E-state index is 0. The van der Waals surface area contributed by atoms with Crippen molar-refractivity contribution < 1.29 is 46.2 Å². The lowest BCUT2D eigenvalue weighted by Gasteiger charge is -2.16. The van der Waals surface area contributed by atoms with Crippen LogP contribution in [0, 0.1) is 45.9 Å². The molecule has 1 heterocycles. The van der Waals surface area contributed by atoms with Crippen LogP contribution in [0.2, 0.25) is 10.0 Å². The van der Waals surface area contributed by atoms with Gasteiger partial charge >= 0.3 is 12.2 Å². The minimum Gasteiger partial charge on any atom is -0.450 e. The Kier molecular flexibility index (Phi) is 19.8. The molecule has 14 nitrogen and oxygen atoms in total. The van der Waals surface area contributed by atoms with Gasteiger partial charge in [0.25, 0.3) is 11.8 Å². The largest absolute Gasteiger partial charge is 0.450 e. The predicted molar refractivity (Wildman–Crippen MR) is 238 cm³/mol. The molecular formula is C45H41Cl3F4N8O6. The molecule has 21 heteroatoms. The zero-order valence-corrected chi connectivity index (χ0v) is 37.1. The zero-order valence-electron chi connectivity index (χ0n) is 34.7. The number of benzene rings is 4. The summed E-state index contributed by atoms with van der Waals surface area (Å²) in [6.45, 7) is 0.356. The molecule has 5 aromatic rings. The van der Waals surface area contributed by atoms with Crippen LogP contribution < -0.4 is 21.7 Å². The molecule has 2 atom stereocenters. The molecule has 0 saturated heterocycles. The van der Waals surface area contributed by atoms with Gasteiger partial charge in [0.15, 0.2) is 0 Å². The Balaban J connectivity index is 0.000000232. The lowest BCUT2D eigenvalue weighted by atomic mass is 10.0. The van der Waals surface area contributed by atoms with Gasteiger partial charge in [-0.05, 0) is 110 Å². The van der Waals surface area contributed by atoms with Crippen molar-refractivity contribution in [3.8, 4) is 12.1 Å². The van der Waals surface area contributed by atoms with Crippen molar-refractivity contribution in [3.05, 3.63) is 146 Å². The van der Waals surface area contributed by atoms with Crippen LogP contribution >= 0.6 is 35.6 Å². The van der Waals surface area contributed by atoms with Crippen LogP contribution in [0.15, 0.2) is 79.4 Å². The van der Waals surface area contributed by atoms with Crippen molar-refractivity contribution in [1.29, 1.82) is 10.5 Å². The van der Waals surface area contributed by atoms with E-state index in [0.29, 0.717) is 78.6 Å². The number of nitriles is 2. The van der Waals surface area contributed by atoms with Crippen molar-refractivity contribution in [2.24, 2.45) is 5.73 Å². The molecule has 0 saturated carbocycles. The summed E-state index contributed by atoms with van der Waals surface area (Å²) in [7, 11) is 0. The molecule has 0 unspecified atom stereocenters. The number of aromatic nitrogens is 2. The number of nitrogens with two attached hydrogens (primary N) is 1. The third-order valence-corrected chi connectivity index (χ3v) is 10.5. The van der Waals surface area contributed by atoms with E-state index in [1.807, 2.05) is 12.1 Å². The van der Waals surface area contributed by atoms with Crippen molar-refractivity contribution in [1.82, 2.24) is 14.9 Å². The number of hydrogen-bond acceptors (Lipinski definition) is 10. The summed E-state index contributed by atoms with van der Waals surface area (Å²) in [5.41, 5.74) is 8.98. The Bertz CT molecular complexity index is 2630. The van der Waals surface area contributed by atoms with Crippen LogP contribution in [0.3, 0.4) is 0 Å². The highest BCUT2D eigenvalue weighted by atomic mass is 35.5. The lowest BCUT2D eigenvalue weighted by Crippen LogP contribution is -2.28. The number of hydrogen-bond donors (Lipinski definition) is 4. The van der Waals surface area contributed by atoms with Gasteiger partial charge in [-0.3, -0.25) is 9.59 Å². The van der Waals surface area contributed by atoms with Gasteiger partial charge in [0, 0.05) is 64.9 Å². The van der Waals surface area contributed by atoms with Crippen LogP contribution in [-0.4, -0.2) is 46.8 Å². The van der Waals surface area contributed by atoms with Crippen LogP contribution in [0.25, 0.3) is 0 Å². The summed E-state index contributed by atoms with van der Waals surface area (Å²) in [6, 6.07) is 15.8. The number of amides is 3. The molecule has 0 aliphatic heterocycles. The van der Waals surface area contributed by atoms with Gasteiger partial charge in [0.2, 0.25) is 0 Å². The van der Waals surface area contributed by atoms with Crippen LogP contribution in [-0.2, 0) is 22.3 Å². The third-order valence-electron chi connectivity index (χ3n) is 9.89. The Labute approximate surface area is 392 Å². The summed E-state index contributed by atoms with van der Waals surface area (Å²) >= 11 is 11.4. The number of rotatable bonds is 11. The maximum Gasteiger partial charge on any atom is 0.419 e. The third kappa shape index (κ3) is 13.9. The molecule has 7 rings (SSSR count). The lowest BCUT2D eigenvalue weighted by molar-refractivity contribution is 0.101. The number of alkyl carbamates (subject to hydrolysis) is 1. The molecule has 5 N–H and O–H groups in total. The van der Waals surface area contributed by atoms with Crippen LogP contribution in [0.5, 0.6) is 0 Å². The normalized spacial score (nSPS) is 13.9. The second-order valence-electron chi connectivity index (χ2n) is 14.3. The number of carbonyl (C=O) groups excluding carboxylic acids is 4. The van der Waals surface area contributed by atoms with E-state index in [-0.39, 0.29) is 65.1 Å². The highest BCUT2D eigenvalue weighted by Crippen LogP contribution is 2.37. The topological polar surface area (TPSA) is 214 Å². The molecule has 3 amide bonds. The maximum atomic E-state index is 14.5. The first-order valence-corrected chi connectivity index (χ1v) is 20.7. The van der Waals surface area contributed by atoms with Gasteiger partial charge in [0.05, 0.1) is 41.4 Å². The first kappa shape index (κ1) is 51.9. The standard InChI is InChI=1S/C21H18ClF2N3O3.C16H13ClF2N2O.C8H9N3O2.ClH/c22-15-11-12(3-6-16(15)23)26-20(28)14-4-7-17(24)19-13(14)5-8-18(19)27-21(29)30-10-2-1-9-25;17-11-7-8(1-4-12(11)18)21-16(22)10-2-5-13(19)15-9(10)3-6-14(15)20;9-3-1-2-6-13-8(12)11-5-4-10-7-11;/h3-4,6-7,11,18H,1-2,5,8,10H2,(H,26,28)(H,27,29);1-2,4-5,7,14H,3,6,20H2,(H,21,22);4-5,7H,1-2,6H2;1H/t18-;14-;;/m00../s1. The molecule has 0 bridgehead atoms. The Hall–Kier alpha value is -6.70. The highest BCUT2D eigenvalue weighted by Gasteiger charge is 2.32. The summed E-state index contributed by atoms with van der Waals surface area (Å²) in [4.78, 5) is 51.8. The molecule has 0 spiro atoms. The maximum absolute atomic E-state index is 14.5. The van der Waals surface area contributed by atoms with E-state index < -0.39 is 47.5 Å². The Morgan fingerprint density at radius 1 is 0.742 bits per heavy atom. The summed E-state index contributed by atoms with van der Waals surface area (Å²) in [5.74, 6) is -2.97. The van der Waals surface area contributed by atoms with Crippen molar-refractivity contribution in [3.63, 3.8) is 0 Å². The number of halogens is 7. The van der Waals surface area contributed by atoms with E-state index in [1.54, 1.807) is 0 Å². The van der Waals surface area contributed by atoms with Crippen molar-refractivity contribution >= 4 is 71.0 Å². The second kappa shape index (κ2) is 25.1. The average Bonchev–Trinajstić information content (AvgIpc) is 4.07. The van der Waals surface area contributed by atoms with Gasteiger partial charge in [-0.1, -0.05) is 23.2 Å². The van der Waals surface area contributed by atoms with Crippen LogP contribution in [0.1, 0.15) is 93.6 Å². The van der Waals surface area contributed by atoms with Gasteiger partial charge in [-0.2, -0.15) is 10.5 Å². The molecule has 2 aliphatic carbocycles. The molecule has 2 aliphatic rings. The summed E-state index contributed by atoms with van der Waals surface area (Å²) in [5, 5.41) is 24.4. The van der Waals surface area contributed by atoms with Gasteiger partial charge < -0.3 is 31.2 Å². The van der Waals surface area contributed by atoms with E-state index >= 15 is 0 Å². The van der Waals surface area contributed by atoms with Crippen molar-refractivity contribution in [2.75, 3.05) is 23.8 Å². The molecule has 4 aromatic carbocycles. The molecule has 346 valence electrons. The Morgan fingerprint density at radius 3 is 1.76 bits per heavy atom. The number of carbonyl (C=O) groups is 4. The monoisotopic (exact) mass is 970 g/mol. The number of ether oxygens (including phenoxy) is 2. The quantitative estimate of drug-likeness (QED) is 0.0726. The number of anilines is 2. The zero-order chi connectivity index (χ0) is 47.0.